The normalized spacial score (nSPS) is 28.4. The average molecular weight is 287 g/mol. The van der Waals surface area contributed by atoms with E-state index in [1.54, 1.807) is 0 Å². The zero-order valence-corrected chi connectivity index (χ0v) is 12.7. The van der Waals surface area contributed by atoms with Crippen molar-refractivity contribution in [3.63, 3.8) is 0 Å². The van der Waals surface area contributed by atoms with Gasteiger partial charge in [-0.1, -0.05) is 18.2 Å². The molecule has 2 N–H and O–H groups in total. The van der Waals surface area contributed by atoms with Gasteiger partial charge < -0.3 is 5.32 Å². The number of thiocarbonyl (C=S) groups is 1. The number of nitrogens with one attached hydrogen (secondary N) is 2. The van der Waals surface area contributed by atoms with Crippen molar-refractivity contribution in [3.05, 3.63) is 30.3 Å². The molecule has 0 aliphatic heterocycles. The topological polar surface area (TPSA) is 36.4 Å². The minimum atomic E-state index is 0.361. The van der Waals surface area contributed by atoms with Gasteiger partial charge in [-0.25, -0.2) is 0 Å². The Hall–Kier alpha value is -1.42. The minimum absolute atomic E-state index is 0.361. The van der Waals surface area contributed by atoms with Crippen molar-refractivity contribution in [2.45, 2.75) is 39.0 Å². The molecule has 2 bridgehead atoms. The van der Waals surface area contributed by atoms with E-state index in [1.807, 2.05) is 30.3 Å². The average Bonchev–Trinajstić information content (AvgIpc) is 3.08. The van der Waals surface area contributed by atoms with Gasteiger partial charge in [0.15, 0.2) is 5.11 Å². The SMILES string of the molecule is CC(=NNC(=S)Nc1ccccc1)C12CCC(CC1)C2. The fourth-order valence-electron chi connectivity index (χ4n) is 3.63. The summed E-state index contributed by atoms with van der Waals surface area (Å²) in [6.07, 6.45) is 6.67. The number of benzene rings is 1. The van der Waals surface area contributed by atoms with Gasteiger partial charge in [0.05, 0.1) is 0 Å². The molecule has 1 aromatic rings. The molecule has 2 saturated carbocycles. The fraction of sp³-hybridized carbons (Fsp3) is 0.500. The first-order valence-corrected chi connectivity index (χ1v) is 7.76. The number of para-hydroxylation sites is 1. The van der Waals surface area contributed by atoms with E-state index in [4.69, 9.17) is 12.2 Å². The highest BCUT2D eigenvalue weighted by molar-refractivity contribution is 7.80. The Balaban J connectivity index is 1.58. The lowest BCUT2D eigenvalue weighted by atomic mass is 9.80. The monoisotopic (exact) mass is 287 g/mol. The largest absolute Gasteiger partial charge is 0.331 e. The number of anilines is 1. The molecule has 106 valence electrons. The van der Waals surface area contributed by atoms with Crippen molar-refractivity contribution >= 4 is 28.7 Å². The van der Waals surface area contributed by atoms with Gasteiger partial charge in [-0.2, -0.15) is 5.10 Å². The molecule has 0 radical (unpaired) electrons. The Labute approximate surface area is 125 Å². The van der Waals surface area contributed by atoms with E-state index >= 15 is 0 Å². The van der Waals surface area contributed by atoms with Crippen LogP contribution in [0.2, 0.25) is 0 Å². The second-order valence-electron chi connectivity index (χ2n) is 6.06. The molecule has 2 aliphatic rings. The van der Waals surface area contributed by atoms with Crippen LogP contribution in [0.25, 0.3) is 0 Å². The van der Waals surface area contributed by atoms with Gasteiger partial charge in [0.1, 0.15) is 0 Å². The van der Waals surface area contributed by atoms with Crippen molar-refractivity contribution in [2.24, 2.45) is 16.4 Å². The first-order chi connectivity index (χ1) is 9.68. The second kappa shape index (κ2) is 5.52. The molecule has 20 heavy (non-hydrogen) atoms. The van der Waals surface area contributed by atoms with Crippen LogP contribution in [-0.2, 0) is 0 Å². The second-order valence-corrected chi connectivity index (χ2v) is 6.47. The van der Waals surface area contributed by atoms with E-state index in [2.05, 4.69) is 22.8 Å². The summed E-state index contributed by atoms with van der Waals surface area (Å²) in [4.78, 5) is 0. The Bertz CT molecular complexity index is 516. The lowest BCUT2D eigenvalue weighted by Gasteiger charge is -2.26. The van der Waals surface area contributed by atoms with Gasteiger partial charge in [0.25, 0.3) is 0 Å². The predicted molar refractivity (Wildman–Crippen MR) is 87.9 cm³/mol. The molecule has 2 aliphatic carbocycles. The van der Waals surface area contributed by atoms with Crippen LogP contribution in [0.4, 0.5) is 5.69 Å². The number of hydrogen-bond donors (Lipinski definition) is 2. The smallest absolute Gasteiger partial charge is 0.191 e. The van der Waals surface area contributed by atoms with Gasteiger partial charge in [-0.15, -0.1) is 0 Å². The Morgan fingerprint density at radius 2 is 1.95 bits per heavy atom. The third-order valence-corrected chi connectivity index (χ3v) is 5.06. The Kier molecular flexibility index (Phi) is 3.74. The molecule has 0 saturated heterocycles. The summed E-state index contributed by atoms with van der Waals surface area (Å²) in [6, 6.07) is 9.93. The van der Waals surface area contributed by atoms with Crippen LogP contribution in [0.3, 0.4) is 0 Å². The van der Waals surface area contributed by atoms with Crippen LogP contribution in [0.5, 0.6) is 0 Å². The summed E-state index contributed by atoms with van der Waals surface area (Å²) in [7, 11) is 0. The van der Waals surface area contributed by atoms with Gasteiger partial charge in [0.2, 0.25) is 0 Å². The first kappa shape index (κ1) is 13.6. The highest BCUT2D eigenvalue weighted by Crippen LogP contribution is 2.54. The van der Waals surface area contributed by atoms with E-state index < -0.39 is 0 Å². The lowest BCUT2D eigenvalue weighted by molar-refractivity contribution is 0.411. The van der Waals surface area contributed by atoms with E-state index in [1.165, 1.54) is 37.8 Å². The van der Waals surface area contributed by atoms with Crippen molar-refractivity contribution in [1.29, 1.82) is 0 Å². The maximum absolute atomic E-state index is 5.28. The van der Waals surface area contributed by atoms with Crippen LogP contribution in [0.1, 0.15) is 39.0 Å². The molecule has 3 rings (SSSR count). The van der Waals surface area contributed by atoms with Crippen molar-refractivity contribution in [3.8, 4) is 0 Å². The molecule has 0 spiro atoms. The molecule has 0 amide bonds. The maximum Gasteiger partial charge on any atom is 0.191 e. The van der Waals surface area contributed by atoms with Crippen molar-refractivity contribution in [1.82, 2.24) is 5.43 Å². The van der Waals surface area contributed by atoms with Crippen LogP contribution >= 0.6 is 12.2 Å². The minimum Gasteiger partial charge on any atom is -0.331 e. The third kappa shape index (κ3) is 2.70. The number of hydrazone groups is 1. The van der Waals surface area contributed by atoms with E-state index in [0.717, 1.165) is 11.6 Å². The summed E-state index contributed by atoms with van der Waals surface area (Å²) in [5, 5.41) is 8.23. The molecule has 3 nitrogen and oxygen atoms in total. The molecule has 2 fully saturated rings. The van der Waals surface area contributed by atoms with E-state index in [9.17, 15) is 0 Å². The third-order valence-electron chi connectivity index (χ3n) is 4.87. The van der Waals surface area contributed by atoms with Gasteiger partial charge in [-0.3, -0.25) is 5.43 Å². The molecule has 0 unspecified atom stereocenters. The highest BCUT2D eigenvalue weighted by Gasteiger charge is 2.46. The fourth-order valence-corrected chi connectivity index (χ4v) is 3.80. The summed E-state index contributed by atoms with van der Waals surface area (Å²) in [6.45, 7) is 2.14. The lowest BCUT2D eigenvalue weighted by Crippen LogP contribution is -2.30. The number of rotatable bonds is 3. The Morgan fingerprint density at radius 1 is 1.25 bits per heavy atom. The standard InChI is InChI=1S/C16H21N3S/c1-12(16-9-7-13(11-16)8-10-16)18-19-15(20)17-14-5-3-2-4-6-14/h2-6,13H,7-11H2,1H3,(H2,17,19,20). The van der Waals surface area contributed by atoms with Crippen LogP contribution in [-0.4, -0.2) is 10.8 Å². The van der Waals surface area contributed by atoms with Gasteiger partial charge in [0, 0.05) is 16.8 Å². The van der Waals surface area contributed by atoms with Crippen LogP contribution in [0, 0.1) is 11.3 Å². The molecular weight excluding hydrogens is 266 g/mol. The van der Waals surface area contributed by atoms with Gasteiger partial charge in [-0.05, 0) is 69.3 Å². The zero-order chi connectivity index (χ0) is 14.0. The summed E-state index contributed by atoms with van der Waals surface area (Å²) >= 11 is 5.28. The summed E-state index contributed by atoms with van der Waals surface area (Å²) in [5.74, 6) is 0.939. The van der Waals surface area contributed by atoms with Crippen LogP contribution in [0.15, 0.2) is 35.4 Å². The van der Waals surface area contributed by atoms with E-state index in [0.29, 0.717) is 10.5 Å². The quantitative estimate of drug-likeness (QED) is 0.502. The predicted octanol–water partition coefficient (Wildman–Crippen LogP) is 3.93. The zero-order valence-electron chi connectivity index (χ0n) is 11.9. The summed E-state index contributed by atoms with van der Waals surface area (Å²) < 4.78 is 0. The summed E-state index contributed by atoms with van der Waals surface area (Å²) in [5.41, 5.74) is 5.56. The van der Waals surface area contributed by atoms with Crippen molar-refractivity contribution in [2.75, 3.05) is 5.32 Å². The highest BCUT2D eigenvalue weighted by atomic mass is 32.1. The molecule has 0 heterocycles. The number of fused-ring (bicyclic) bond motifs is 2. The molecular formula is C16H21N3S. The number of hydrogen-bond acceptors (Lipinski definition) is 2. The number of nitrogens with zero attached hydrogens (tertiary/aromatic N) is 1. The molecule has 1 aromatic carbocycles. The molecule has 0 aromatic heterocycles. The Morgan fingerprint density at radius 3 is 2.55 bits per heavy atom. The van der Waals surface area contributed by atoms with Gasteiger partial charge >= 0.3 is 0 Å². The van der Waals surface area contributed by atoms with Crippen molar-refractivity contribution < 1.29 is 0 Å². The molecule has 4 heteroatoms. The molecule has 0 atom stereocenters. The van der Waals surface area contributed by atoms with E-state index in [-0.39, 0.29) is 0 Å². The maximum atomic E-state index is 5.28. The first-order valence-electron chi connectivity index (χ1n) is 7.35. The van der Waals surface area contributed by atoms with Crippen LogP contribution < -0.4 is 10.7 Å².